The van der Waals surface area contributed by atoms with Crippen molar-refractivity contribution in [2.75, 3.05) is 13.7 Å². The largest absolute Gasteiger partial charge is 0.496 e. The van der Waals surface area contributed by atoms with Gasteiger partial charge in [-0.05, 0) is 42.7 Å². The SMILES string of the molecule is COc1cc(Cl)cc(Cl)c1C(=O)CN(Cc1cc(F)cc(F)c1)C(=O)/C(C=N)=C(/NC1CCCCC1)C(F)(F)F. The molecule has 13 heteroatoms. The lowest BCUT2D eigenvalue weighted by Crippen LogP contribution is -2.42. The molecular weight excluding hydrogens is 580 g/mol. The first-order valence-corrected chi connectivity index (χ1v) is 13.0. The van der Waals surface area contributed by atoms with E-state index in [4.69, 9.17) is 33.3 Å². The second kappa shape index (κ2) is 13.5. The Hall–Kier alpha value is -3.18. The number of Topliss-reactive ketones (excluding diaryl/α,β-unsaturated/α-hetero) is 1. The van der Waals surface area contributed by atoms with Crippen molar-refractivity contribution in [1.29, 1.82) is 5.41 Å². The van der Waals surface area contributed by atoms with Crippen molar-refractivity contribution >= 4 is 41.1 Å². The lowest BCUT2D eigenvalue weighted by atomic mass is 9.95. The van der Waals surface area contributed by atoms with E-state index in [1.54, 1.807) is 0 Å². The Morgan fingerprint density at radius 1 is 1.07 bits per heavy atom. The van der Waals surface area contributed by atoms with Crippen molar-refractivity contribution < 1.29 is 36.3 Å². The van der Waals surface area contributed by atoms with E-state index < -0.39 is 59.9 Å². The van der Waals surface area contributed by atoms with Crippen LogP contribution in [0.4, 0.5) is 22.0 Å². The van der Waals surface area contributed by atoms with Crippen LogP contribution in [0.1, 0.15) is 48.0 Å². The molecule has 1 aliphatic rings. The number of halogens is 7. The molecule has 0 heterocycles. The van der Waals surface area contributed by atoms with E-state index in [9.17, 15) is 31.5 Å². The van der Waals surface area contributed by atoms with Gasteiger partial charge in [0.25, 0.3) is 5.91 Å². The molecule has 0 radical (unpaired) electrons. The first-order chi connectivity index (χ1) is 18.8. The number of methoxy groups -OCH3 is 1. The fourth-order valence-electron chi connectivity index (χ4n) is 4.53. The van der Waals surface area contributed by atoms with Crippen molar-refractivity contribution in [3.8, 4) is 5.75 Å². The molecule has 0 saturated heterocycles. The van der Waals surface area contributed by atoms with Gasteiger partial charge in [-0.15, -0.1) is 0 Å². The molecule has 0 spiro atoms. The van der Waals surface area contributed by atoms with Crippen molar-refractivity contribution in [3.63, 3.8) is 0 Å². The van der Waals surface area contributed by atoms with Crippen molar-refractivity contribution in [2.24, 2.45) is 0 Å². The molecule has 0 aliphatic heterocycles. The van der Waals surface area contributed by atoms with E-state index in [-0.39, 0.29) is 33.1 Å². The Morgan fingerprint density at radius 2 is 1.70 bits per heavy atom. The molecule has 40 heavy (non-hydrogen) atoms. The molecule has 1 saturated carbocycles. The third kappa shape index (κ3) is 7.94. The number of hydrogen-bond acceptors (Lipinski definition) is 5. The van der Waals surface area contributed by atoms with Crippen molar-refractivity contribution in [1.82, 2.24) is 10.2 Å². The highest BCUT2D eigenvalue weighted by Gasteiger charge is 2.40. The summed E-state index contributed by atoms with van der Waals surface area (Å²) < 4.78 is 75.5. The molecule has 1 fully saturated rings. The molecule has 0 aromatic heterocycles. The number of ketones is 1. The Morgan fingerprint density at radius 3 is 2.25 bits per heavy atom. The fraction of sp³-hybridized carbons (Fsp3) is 0.370. The van der Waals surface area contributed by atoms with E-state index in [1.165, 1.54) is 19.2 Å². The summed E-state index contributed by atoms with van der Waals surface area (Å²) in [7, 11) is 1.24. The van der Waals surface area contributed by atoms with Gasteiger partial charge in [-0.25, -0.2) is 8.78 Å². The van der Waals surface area contributed by atoms with Gasteiger partial charge in [0, 0.05) is 29.9 Å². The van der Waals surface area contributed by atoms with Gasteiger partial charge >= 0.3 is 6.18 Å². The molecule has 2 N–H and O–H groups in total. The smallest absolute Gasteiger partial charge is 0.431 e. The van der Waals surface area contributed by atoms with Gasteiger partial charge in [0.15, 0.2) is 5.78 Å². The van der Waals surface area contributed by atoms with Crippen LogP contribution in [0, 0.1) is 17.0 Å². The average Bonchev–Trinajstić information content (AvgIpc) is 2.86. The van der Waals surface area contributed by atoms with Crippen LogP contribution in [-0.4, -0.2) is 48.7 Å². The normalized spacial score (nSPS) is 14.8. The minimum absolute atomic E-state index is 0.0514. The minimum atomic E-state index is -5.04. The number of carbonyl (C=O) groups is 2. The zero-order chi connectivity index (χ0) is 29.6. The van der Waals surface area contributed by atoms with Crippen LogP contribution in [0.3, 0.4) is 0 Å². The second-order valence-corrected chi connectivity index (χ2v) is 10.1. The Labute approximate surface area is 237 Å². The fourth-order valence-corrected chi connectivity index (χ4v) is 5.11. The molecule has 0 bridgehead atoms. The highest BCUT2D eigenvalue weighted by molar-refractivity contribution is 6.37. The second-order valence-electron chi connectivity index (χ2n) is 9.24. The van der Waals surface area contributed by atoms with Crippen LogP contribution in [0.2, 0.25) is 10.0 Å². The zero-order valence-corrected chi connectivity index (χ0v) is 22.8. The molecule has 0 unspecified atom stereocenters. The Balaban J connectivity index is 2.08. The maximum Gasteiger partial charge on any atom is 0.431 e. The van der Waals surface area contributed by atoms with Gasteiger partial charge < -0.3 is 20.4 Å². The Kier molecular flexibility index (Phi) is 10.5. The first-order valence-electron chi connectivity index (χ1n) is 12.2. The molecule has 0 atom stereocenters. The summed E-state index contributed by atoms with van der Waals surface area (Å²) >= 11 is 12.2. The van der Waals surface area contributed by atoms with Crippen molar-refractivity contribution in [2.45, 2.75) is 50.9 Å². The standard InChI is InChI=1S/C27H26Cl2F5N3O3/c1-40-23-10-16(28)9-21(29)24(23)22(38)14-37(13-15-7-17(30)11-18(31)8-15)26(39)20(12-35)25(27(32,33)34)36-19-5-3-2-4-6-19/h7-12,19,35-36H,2-6,13-14H2,1H3/b25-20+,35-12?. The summed E-state index contributed by atoms with van der Waals surface area (Å²) in [4.78, 5) is 27.6. The number of allylic oxidation sites excluding steroid dienone is 1. The highest BCUT2D eigenvalue weighted by Crippen LogP contribution is 2.33. The molecule has 216 valence electrons. The summed E-state index contributed by atoms with van der Waals surface area (Å²) in [6, 6.07) is 4.29. The molecular formula is C27H26Cl2F5N3O3. The molecule has 6 nitrogen and oxygen atoms in total. The summed E-state index contributed by atoms with van der Waals surface area (Å²) in [6.07, 6.45) is -1.63. The van der Waals surface area contributed by atoms with Crippen molar-refractivity contribution in [3.05, 3.63) is 74.4 Å². The zero-order valence-electron chi connectivity index (χ0n) is 21.3. The van der Waals surface area contributed by atoms with Crippen LogP contribution < -0.4 is 10.1 Å². The van der Waals surface area contributed by atoms with Gasteiger partial charge in [-0.1, -0.05) is 42.5 Å². The summed E-state index contributed by atoms with van der Waals surface area (Å²) in [5.74, 6) is -4.23. The van der Waals surface area contributed by atoms with Gasteiger partial charge in [-0.2, -0.15) is 13.2 Å². The maximum absolute atomic E-state index is 14.2. The monoisotopic (exact) mass is 605 g/mol. The van der Waals surface area contributed by atoms with Gasteiger partial charge in [0.05, 0.1) is 29.8 Å². The minimum Gasteiger partial charge on any atom is -0.496 e. The number of nitrogens with one attached hydrogen (secondary N) is 2. The molecule has 2 aromatic carbocycles. The number of amides is 1. The summed E-state index contributed by atoms with van der Waals surface area (Å²) in [5.41, 5.74) is -2.82. The predicted octanol–water partition coefficient (Wildman–Crippen LogP) is 6.88. The molecule has 2 aromatic rings. The third-order valence-corrected chi connectivity index (χ3v) is 6.83. The number of alkyl halides is 3. The maximum atomic E-state index is 14.2. The molecule has 3 rings (SSSR count). The van der Waals surface area contributed by atoms with Gasteiger partial charge in [0.1, 0.15) is 23.1 Å². The van der Waals surface area contributed by atoms with Crippen LogP contribution >= 0.6 is 23.2 Å². The van der Waals surface area contributed by atoms with E-state index in [2.05, 4.69) is 5.32 Å². The van der Waals surface area contributed by atoms with E-state index in [0.29, 0.717) is 36.6 Å². The number of rotatable bonds is 10. The van der Waals surface area contributed by atoms with Crippen LogP contribution in [0.5, 0.6) is 5.75 Å². The summed E-state index contributed by atoms with van der Waals surface area (Å²) in [5, 5.41) is 10.1. The van der Waals surface area contributed by atoms with Crippen LogP contribution in [0.25, 0.3) is 0 Å². The average molecular weight is 606 g/mol. The first kappa shape index (κ1) is 31.3. The van der Waals surface area contributed by atoms with Crippen LogP contribution in [0.15, 0.2) is 41.6 Å². The number of benzene rings is 2. The number of hydrogen-bond donors (Lipinski definition) is 2. The number of nitrogens with zero attached hydrogens (tertiary/aromatic N) is 1. The predicted molar refractivity (Wildman–Crippen MR) is 141 cm³/mol. The molecule has 1 aliphatic carbocycles. The lowest BCUT2D eigenvalue weighted by Gasteiger charge is -2.29. The quantitative estimate of drug-likeness (QED) is 0.134. The van der Waals surface area contributed by atoms with Gasteiger partial charge in [0.2, 0.25) is 0 Å². The summed E-state index contributed by atoms with van der Waals surface area (Å²) in [6.45, 7) is -1.51. The number of ether oxygens (including phenoxy) is 1. The van der Waals surface area contributed by atoms with E-state index in [0.717, 1.165) is 18.6 Å². The molecule has 1 amide bonds. The van der Waals surface area contributed by atoms with E-state index in [1.807, 2.05) is 0 Å². The number of carbonyl (C=O) groups excluding carboxylic acids is 2. The highest BCUT2D eigenvalue weighted by atomic mass is 35.5. The topological polar surface area (TPSA) is 82.5 Å². The van der Waals surface area contributed by atoms with Crippen LogP contribution in [-0.2, 0) is 11.3 Å². The lowest BCUT2D eigenvalue weighted by molar-refractivity contribution is -0.128. The van der Waals surface area contributed by atoms with E-state index >= 15 is 0 Å². The third-order valence-electron chi connectivity index (χ3n) is 6.32. The Bertz CT molecular complexity index is 1290. The van der Waals surface area contributed by atoms with Gasteiger partial charge in [-0.3, -0.25) is 9.59 Å².